The molecule has 0 aliphatic heterocycles. The maximum atomic E-state index is 5.52. The Kier molecular flexibility index (Phi) is 7.34. The van der Waals surface area contributed by atoms with E-state index in [-0.39, 0.29) is 0 Å². The molecule has 0 saturated carbocycles. The zero-order valence-corrected chi connectivity index (χ0v) is 11.1. The number of nitrogens with one attached hydrogen (secondary N) is 1. The van der Waals surface area contributed by atoms with Crippen molar-refractivity contribution in [2.24, 2.45) is 5.92 Å². The molecule has 3 nitrogen and oxygen atoms in total. The second kappa shape index (κ2) is 8.65. The van der Waals surface area contributed by atoms with Gasteiger partial charge in [-0.05, 0) is 18.1 Å². The number of hydrogen-bond donors (Lipinski definition) is 1. The zero-order valence-electron chi connectivity index (χ0n) is 10.2. The monoisotopic (exact) mass is 242 g/mol. The number of H-pyrrole nitrogens is 1. The minimum Gasteiger partial charge on any atom is -0.381 e. The Labute approximate surface area is 102 Å². The minimum atomic E-state index is 0.645. The van der Waals surface area contributed by atoms with Crippen molar-refractivity contribution >= 4 is 11.8 Å². The number of ether oxygens (including phenoxy) is 1. The van der Waals surface area contributed by atoms with Gasteiger partial charge in [0.1, 0.15) is 5.82 Å². The smallest absolute Gasteiger partial charge is 0.106 e. The first-order valence-electron chi connectivity index (χ1n) is 5.93. The van der Waals surface area contributed by atoms with E-state index in [0.717, 1.165) is 37.6 Å². The highest BCUT2D eigenvalue weighted by Crippen LogP contribution is 2.05. The summed E-state index contributed by atoms with van der Waals surface area (Å²) in [6.07, 6.45) is 5.86. The molecule has 0 aliphatic carbocycles. The van der Waals surface area contributed by atoms with Gasteiger partial charge in [0, 0.05) is 37.8 Å². The number of nitrogens with zero attached hydrogens (tertiary/aromatic N) is 1. The molecule has 1 aromatic rings. The van der Waals surface area contributed by atoms with E-state index in [1.54, 1.807) is 6.20 Å². The molecule has 0 atom stereocenters. The van der Waals surface area contributed by atoms with Crippen molar-refractivity contribution in [3.63, 3.8) is 0 Å². The molecule has 0 aliphatic rings. The molecule has 0 unspecified atom stereocenters. The highest BCUT2D eigenvalue weighted by Gasteiger charge is 1.96. The van der Waals surface area contributed by atoms with Gasteiger partial charge in [-0.2, -0.15) is 11.8 Å². The summed E-state index contributed by atoms with van der Waals surface area (Å²) in [5.74, 6) is 4.05. The standard InChI is InChI=1S/C12H22N2OS/c1-11(2)10-15-7-3-8-16-9-4-12-13-5-6-14-12/h5-6,11H,3-4,7-10H2,1-2H3,(H,13,14). The third-order valence-corrected chi connectivity index (χ3v) is 3.14. The molecule has 1 aromatic heterocycles. The van der Waals surface area contributed by atoms with E-state index in [9.17, 15) is 0 Å². The van der Waals surface area contributed by atoms with Gasteiger partial charge in [-0.15, -0.1) is 0 Å². The van der Waals surface area contributed by atoms with E-state index in [0.29, 0.717) is 5.92 Å². The van der Waals surface area contributed by atoms with Gasteiger partial charge in [-0.1, -0.05) is 13.8 Å². The molecule has 0 bridgehead atoms. The van der Waals surface area contributed by atoms with Crippen LogP contribution in [0.4, 0.5) is 0 Å². The van der Waals surface area contributed by atoms with Crippen LogP contribution >= 0.6 is 11.8 Å². The van der Waals surface area contributed by atoms with Crippen molar-refractivity contribution in [2.45, 2.75) is 26.7 Å². The first kappa shape index (κ1) is 13.6. The Balaban J connectivity index is 1.82. The van der Waals surface area contributed by atoms with Crippen molar-refractivity contribution < 1.29 is 4.74 Å². The first-order valence-corrected chi connectivity index (χ1v) is 7.08. The fourth-order valence-electron chi connectivity index (χ4n) is 1.29. The molecule has 0 saturated heterocycles. The van der Waals surface area contributed by atoms with Crippen molar-refractivity contribution in [3.05, 3.63) is 18.2 Å². The summed E-state index contributed by atoms with van der Waals surface area (Å²) < 4.78 is 5.52. The summed E-state index contributed by atoms with van der Waals surface area (Å²) >= 11 is 1.97. The van der Waals surface area contributed by atoms with Gasteiger partial charge in [-0.3, -0.25) is 0 Å². The van der Waals surface area contributed by atoms with Crippen LogP contribution < -0.4 is 0 Å². The fraction of sp³-hybridized carbons (Fsp3) is 0.750. The van der Waals surface area contributed by atoms with E-state index < -0.39 is 0 Å². The Morgan fingerprint density at radius 2 is 2.31 bits per heavy atom. The quantitative estimate of drug-likeness (QED) is 0.677. The molecule has 92 valence electrons. The van der Waals surface area contributed by atoms with Crippen LogP contribution in [0.25, 0.3) is 0 Å². The van der Waals surface area contributed by atoms with Gasteiger partial charge in [-0.25, -0.2) is 4.98 Å². The van der Waals surface area contributed by atoms with Crippen LogP contribution in [-0.4, -0.2) is 34.7 Å². The topological polar surface area (TPSA) is 37.9 Å². The first-order chi connectivity index (χ1) is 7.79. The molecule has 0 amide bonds. The van der Waals surface area contributed by atoms with Gasteiger partial charge in [0.25, 0.3) is 0 Å². The predicted octanol–water partition coefficient (Wildman–Crippen LogP) is 2.75. The number of rotatable bonds is 9. The molecule has 0 spiro atoms. The third kappa shape index (κ3) is 6.90. The third-order valence-electron chi connectivity index (χ3n) is 2.07. The fourth-order valence-corrected chi connectivity index (χ4v) is 2.15. The van der Waals surface area contributed by atoms with Crippen molar-refractivity contribution in [2.75, 3.05) is 24.7 Å². The maximum Gasteiger partial charge on any atom is 0.106 e. The van der Waals surface area contributed by atoms with Crippen LogP contribution in [0, 0.1) is 5.92 Å². The molecule has 4 heteroatoms. The lowest BCUT2D eigenvalue weighted by Crippen LogP contribution is -2.04. The Morgan fingerprint density at radius 1 is 1.44 bits per heavy atom. The number of thioether (sulfide) groups is 1. The molecule has 1 N–H and O–H groups in total. The van der Waals surface area contributed by atoms with Crippen LogP contribution in [0.2, 0.25) is 0 Å². The number of hydrogen-bond acceptors (Lipinski definition) is 3. The Morgan fingerprint density at radius 3 is 3.00 bits per heavy atom. The van der Waals surface area contributed by atoms with E-state index in [4.69, 9.17) is 4.74 Å². The van der Waals surface area contributed by atoms with Crippen molar-refractivity contribution in [3.8, 4) is 0 Å². The average Bonchev–Trinajstić information content (AvgIpc) is 2.74. The summed E-state index contributed by atoms with van der Waals surface area (Å²) in [7, 11) is 0. The number of aromatic nitrogens is 2. The summed E-state index contributed by atoms with van der Waals surface area (Å²) in [6.45, 7) is 6.14. The largest absolute Gasteiger partial charge is 0.381 e. The highest BCUT2D eigenvalue weighted by molar-refractivity contribution is 7.99. The minimum absolute atomic E-state index is 0.645. The molecule has 0 aromatic carbocycles. The second-order valence-electron chi connectivity index (χ2n) is 4.22. The molecular formula is C12H22N2OS. The van der Waals surface area contributed by atoms with E-state index in [1.165, 1.54) is 5.75 Å². The number of aromatic amines is 1. The van der Waals surface area contributed by atoms with Crippen LogP contribution in [-0.2, 0) is 11.2 Å². The SMILES string of the molecule is CC(C)COCCCSCCc1ncc[nH]1. The highest BCUT2D eigenvalue weighted by atomic mass is 32.2. The van der Waals surface area contributed by atoms with Crippen molar-refractivity contribution in [1.29, 1.82) is 0 Å². The van der Waals surface area contributed by atoms with Gasteiger partial charge >= 0.3 is 0 Å². The average molecular weight is 242 g/mol. The molecule has 1 rings (SSSR count). The van der Waals surface area contributed by atoms with Crippen LogP contribution in [0.1, 0.15) is 26.1 Å². The maximum absolute atomic E-state index is 5.52. The number of aryl methyl sites for hydroxylation is 1. The Bertz CT molecular complexity index is 250. The molecule has 1 heterocycles. The lowest BCUT2D eigenvalue weighted by Gasteiger charge is -2.06. The predicted molar refractivity (Wildman–Crippen MR) is 69.9 cm³/mol. The van der Waals surface area contributed by atoms with Crippen LogP contribution in [0.5, 0.6) is 0 Å². The lowest BCUT2D eigenvalue weighted by atomic mass is 10.2. The molecule has 16 heavy (non-hydrogen) atoms. The van der Waals surface area contributed by atoms with Gasteiger partial charge < -0.3 is 9.72 Å². The van der Waals surface area contributed by atoms with Crippen LogP contribution in [0.3, 0.4) is 0 Å². The van der Waals surface area contributed by atoms with Gasteiger partial charge in [0.05, 0.1) is 0 Å². The molecular weight excluding hydrogens is 220 g/mol. The summed E-state index contributed by atoms with van der Waals surface area (Å²) in [6, 6.07) is 0. The summed E-state index contributed by atoms with van der Waals surface area (Å²) in [5, 5.41) is 0. The van der Waals surface area contributed by atoms with E-state index in [1.807, 2.05) is 18.0 Å². The van der Waals surface area contributed by atoms with Gasteiger partial charge in [0.2, 0.25) is 0 Å². The summed E-state index contributed by atoms with van der Waals surface area (Å²) in [5.41, 5.74) is 0. The zero-order chi connectivity index (χ0) is 11.6. The summed E-state index contributed by atoms with van der Waals surface area (Å²) in [4.78, 5) is 7.30. The molecule has 0 radical (unpaired) electrons. The second-order valence-corrected chi connectivity index (χ2v) is 5.45. The normalized spacial score (nSPS) is 11.2. The van der Waals surface area contributed by atoms with E-state index in [2.05, 4.69) is 23.8 Å². The number of imidazole rings is 1. The van der Waals surface area contributed by atoms with E-state index >= 15 is 0 Å². The van der Waals surface area contributed by atoms with Crippen molar-refractivity contribution in [1.82, 2.24) is 9.97 Å². The lowest BCUT2D eigenvalue weighted by molar-refractivity contribution is 0.111. The molecule has 0 fully saturated rings. The Hall–Kier alpha value is -0.480. The van der Waals surface area contributed by atoms with Crippen LogP contribution in [0.15, 0.2) is 12.4 Å². The van der Waals surface area contributed by atoms with Gasteiger partial charge in [0.15, 0.2) is 0 Å².